The predicted octanol–water partition coefficient (Wildman–Crippen LogP) is 15.5. The van der Waals surface area contributed by atoms with Crippen LogP contribution in [0.1, 0.15) is 277 Å². The number of ether oxygens (including phenoxy) is 1. The van der Waals surface area contributed by atoms with E-state index < -0.39 is 12.1 Å². The molecular weight excluding hydrogens is 731 g/mol. The first-order chi connectivity index (χ1) is 29.0. The predicted molar refractivity (Wildman–Crippen MR) is 255 cm³/mol. The van der Waals surface area contributed by atoms with Crippen molar-refractivity contribution in [2.24, 2.45) is 0 Å². The molecule has 2 atom stereocenters. The monoisotopic (exact) mass is 832 g/mol. The Bertz CT molecular complexity index is 920. The smallest absolute Gasteiger partial charge is 0.305 e. The van der Waals surface area contributed by atoms with Crippen molar-refractivity contribution in [1.29, 1.82) is 0 Å². The molecule has 0 aromatic carbocycles. The van der Waals surface area contributed by atoms with Crippen molar-refractivity contribution in [1.82, 2.24) is 5.32 Å². The molecule has 0 saturated carbocycles. The van der Waals surface area contributed by atoms with E-state index >= 15 is 0 Å². The van der Waals surface area contributed by atoms with E-state index in [9.17, 15) is 19.8 Å². The molecule has 0 bridgehead atoms. The van der Waals surface area contributed by atoms with Crippen molar-refractivity contribution >= 4 is 11.9 Å². The number of amides is 1. The van der Waals surface area contributed by atoms with Crippen LogP contribution < -0.4 is 5.32 Å². The van der Waals surface area contributed by atoms with Crippen LogP contribution in [-0.2, 0) is 14.3 Å². The molecule has 3 N–H and O–H groups in total. The van der Waals surface area contributed by atoms with Crippen LogP contribution >= 0.6 is 0 Å². The summed E-state index contributed by atoms with van der Waals surface area (Å²) in [6.45, 7) is 4.83. The number of hydrogen-bond acceptors (Lipinski definition) is 5. The van der Waals surface area contributed by atoms with Crippen LogP contribution in [0.15, 0.2) is 24.3 Å². The number of rotatable bonds is 48. The fraction of sp³-hybridized carbons (Fsp3) is 0.887. The highest BCUT2D eigenvalue weighted by Crippen LogP contribution is 2.16. The van der Waals surface area contributed by atoms with Crippen molar-refractivity contribution in [3.63, 3.8) is 0 Å². The zero-order chi connectivity index (χ0) is 43.0. The molecule has 6 heteroatoms. The van der Waals surface area contributed by atoms with Gasteiger partial charge in [-0.3, -0.25) is 9.59 Å². The topological polar surface area (TPSA) is 95.9 Å². The summed E-state index contributed by atoms with van der Waals surface area (Å²) in [5, 5.41) is 23.1. The zero-order valence-corrected chi connectivity index (χ0v) is 39.5. The van der Waals surface area contributed by atoms with Crippen LogP contribution in [0.2, 0.25) is 0 Å². The summed E-state index contributed by atoms with van der Waals surface area (Å²) in [6.07, 6.45) is 57.5. The van der Waals surface area contributed by atoms with Crippen LogP contribution in [0.3, 0.4) is 0 Å². The third kappa shape index (κ3) is 45.7. The minimum absolute atomic E-state index is 0.0308. The summed E-state index contributed by atoms with van der Waals surface area (Å²) in [6, 6.07) is -0.648. The van der Waals surface area contributed by atoms with Gasteiger partial charge in [0.15, 0.2) is 0 Å². The number of carbonyl (C=O) groups excluding carboxylic acids is 2. The summed E-state index contributed by atoms with van der Waals surface area (Å²) in [4.78, 5) is 24.4. The zero-order valence-electron chi connectivity index (χ0n) is 39.5. The van der Waals surface area contributed by atoms with Gasteiger partial charge in [0.2, 0.25) is 5.91 Å². The van der Waals surface area contributed by atoms with Crippen LogP contribution in [0, 0.1) is 0 Å². The summed E-state index contributed by atoms with van der Waals surface area (Å²) < 4.78 is 5.43. The van der Waals surface area contributed by atoms with Crippen LogP contribution in [0.4, 0.5) is 0 Å². The molecule has 0 aliphatic carbocycles. The molecular formula is C53H101NO5. The molecule has 0 rings (SSSR count). The first-order valence-corrected chi connectivity index (χ1v) is 26.1. The molecule has 0 aromatic rings. The van der Waals surface area contributed by atoms with Crippen molar-refractivity contribution < 1.29 is 24.5 Å². The van der Waals surface area contributed by atoms with E-state index in [1.807, 2.05) is 6.08 Å². The second-order valence-corrected chi connectivity index (χ2v) is 17.9. The number of unbranched alkanes of at least 4 members (excludes halogenated alkanes) is 35. The minimum Gasteiger partial charge on any atom is -0.466 e. The average molecular weight is 832 g/mol. The van der Waals surface area contributed by atoms with Gasteiger partial charge in [0.05, 0.1) is 25.4 Å². The Balaban J connectivity index is 3.55. The number of esters is 1. The summed E-state index contributed by atoms with van der Waals surface area (Å²) in [5.41, 5.74) is 0. The molecule has 348 valence electrons. The number of aliphatic hydroxyl groups excluding tert-OH is 2. The van der Waals surface area contributed by atoms with Crippen LogP contribution in [0.5, 0.6) is 0 Å². The van der Waals surface area contributed by atoms with Gasteiger partial charge in [-0.05, 0) is 57.8 Å². The van der Waals surface area contributed by atoms with E-state index in [1.165, 1.54) is 167 Å². The van der Waals surface area contributed by atoms with Crippen molar-refractivity contribution in [2.45, 2.75) is 289 Å². The molecule has 0 saturated heterocycles. The third-order valence-corrected chi connectivity index (χ3v) is 12.0. The first kappa shape index (κ1) is 57.3. The Morgan fingerprint density at radius 3 is 1.20 bits per heavy atom. The molecule has 2 unspecified atom stereocenters. The Morgan fingerprint density at radius 1 is 0.458 bits per heavy atom. The van der Waals surface area contributed by atoms with Gasteiger partial charge < -0.3 is 20.3 Å². The van der Waals surface area contributed by atoms with Gasteiger partial charge in [-0.1, -0.05) is 231 Å². The lowest BCUT2D eigenvalue weighted by Gasteiger charge is -2.20. The van der Waals surface area contributed by atoms with Crippen molar-refractivity contribution in [2.75, 3.05) is 13.2 Å². The van der Waals surface area contributed by atoms with Gasteiger partial charge in [-0.15, -0.1) is 0 Å². The fourth-order valence-electron chi connectivity index (χ4n) is 7.92. The number of allylic oxidation sites excluding steroid dienone is 3. The Labute approximate surface area is 367 Å². The molecule has 0 radical (unpaired) electrons. The van der Waals surface area contributed by atoms with Crippen molar-refractivity contribution in [3.05, 3.63) is 24.3 Å². The SMILES string of the molecule is CCCCCCCCCCCCCCCCC/C=C/C(O)C(CO)NC(=O)CCCCCCC/C=C\CCCCOC(=O)CCCCCCCCCCCCCCCC. The standard InChI is InChI=1S/C53H101NO5/c1-3-5-7-9-11-13-15-17-19-20-21-22-25-29-33-37-41-45-51(56)50(49-55)54-52(57)46-42-38-34-30-26-24-28-32-36-40-44-48-59-53(58)47-43-39-35-31-27-23-18-16-14-12-10-8-6-4-2/h28,32,41,45,50-51,55-56H,3-27,29-31,33-40,42-44,46-49H2,1-2H3,(H,54,57)/b32-28-,45-41+. The number of hydrogen-bond donors (Lipinski definition) is 3. The minimum atomic E-state index is -0.862. The lowest BCUT2D eigenvalue weighted by atomic mass is 10.0. The lowest BCUT2D eigenvalue weighted by molar-refractivity contribution is -0.143. The highest BCUT2D eigenvalue weighted by atomic mass is 16.5. The van der Waals surface area contributed by atoms with Gasteiger partial charge in [0.1, 0.15) is 0 Å². The summed E-state index contributed by atoms with van der Waals surface area (Å²) >= 11 is 0. The summed E-state index contributed by atoms with van der Waals surface area (Å²) in [5.74, 6) is -0.127. The highest BCUT2D eigenvalue weighted by Gasteiger charge is 2.18. The maximum atomic E-state index is 12.4. The molecule has 0 aliphatic rings. The first-order valence-electron chi connectivity index (χ1n) is 26.1. The normalized spacial score (nSPS) is 12.8. The quantitative estimate of drug-likeness (QED) is 0.0322. The molecule has 0 aromatic heterocycles. The Hall–Kier alpha value is -1.66. The molecule has 6 nitrogen and oxygen atoms in total. The average Bonchev–Trinajstić information content (AvgIpc) is 3.24. The second kappa shape index (κ2) is 49.0. The van der Waals surface area contributed by atoms with E-state index in [0.717, 1.165) is 83.5 Å². The van der Waals surface area contributed by atoms with Gasteiger partial charge in [0.25, 0.3) is 0 Å². The highest BCUT2D eigenvalue weighted by molar-refractivity contribution is 5.76. The van der Waals surface area contributed by atoms with Crippen molar-refractivity contribution in [3.8, 4) is 0 Å². The Morgan fingerprint density at radius 2 is 0.797 bits per heavy atom. The number of aliphatic hydroxyl groups is 2. The van der Waals surface area contributed by atoms with Gasteiger partial charge in [-0.25, -0.2) is 0 Å². The number of nitrogens with one attached hydrogen (secondary N) is 1. The largest absolute Gasteiger partial charge is 0.466 e. The Kier molecular flexibility index (Phi) is 47.6. The summed E-state index contributed by atoms with van der Waals surface area (Å²) in [7, 11) is 0. The van der Waals surface area contributed by atoms with Crippen LogP contribution in [0.25, 0.3) is 0 Å². The lowest BCUT2D eigenvalue weighted by Crippen LogP contribution is -2.45. The van der Waals surface area contributed by atoms with Gasteiger partial charge in [-0.2, -0.15) is 0 Å². The maximum Gasteiger partial charge on any atom is 0.305 e. The third-order valence-electron chi connectivity index (χ3n) is 12.0. The van der Waals surface area contributed by atoms with E-state index in [1.54, 1.807) is 6.08 Å². The molecule has 0 fully saturated rings. The van der Waals surface area contributed by atoms with Gasteiger partial charge in [0, 0.05) is 12.8 Å². The van der Waals surface area contributed by atoms with Gasteiger partial charge >= 0.3 is 5.97 Å². The van der Waals surface area contributed by atoms with E-state index in [2.05, 4.69) is 31.3 Å². The van der Waals surface area contributed by atoms with E-state index in [4.69, 9.17) is 4.74 Å². The van der Waals surface area contributed by atoms with Crippen LogP contribution in [-0.4, -0.2) is 47.4 Å². The maximum absolute atomic E-state index is 12.4. The van der Waals surface area contributed by atoms with E-state index in [-0.39, 0.29) is 18.5 Å². The fourth-order valence-corrected chi connectivity index (χ4v) is 7.92. The molecule has 0 heterocycles. The molecule has 0 aliphatic heterocycles. The second-order valence-electron chi connectivity index (χ2n) is 17.9. The van der Waals surface area contributed by atoms with E-state index in [0.29, 0.717) is 19.4 Å². The number of carbonyl (C=O) groups is 2. The molecule has 1 amide bonds. The molecule has 59 heavy (non-hydrogen) atoms. The molecule has 0 spiro atoms.